The van der Waals surface area contributed by atoms with E-state index in [-0.39, 0.29) is 6.61 Å². The van der Waals surface area contributed by atoms with E-state index in [1.54, 1.807) is 0 Å². The van der Waals surface area contributed by atoms with Crippen LogP contribution >= 0.6 is 0 Å². The van der Waals surface area contributed by atoms with E-state index in [1.807, 2.05) is 37.4 Å². The van der Waals surface area contributed by atoms with E-state index in [0.29, 0.717) is 13.2 Å². The molecule has 1 aliphatic rings. The van der Waals surface area contributed by atoms with Gasteiger partial charge in [-0.05, 0) is 25.7 Å². The lowest BCUT2D eigenvalue weighted by Gasteiger charge is -2.43. The molecule has 2 aromatic rings. The summed E-state index contributed by atoms with van der Waals surface area (Å²) in [6, 6.07) is 0. The average Bonchev–Trinajstić information content (AvgIpc) is 3.49. The van der Waals surface area contributed by atoms with Gasteiger partial charge in [0.15, 0.2) is 6.29 Å². The fourth-order valence-corrected chi connectivity index (χ4v) is 3.75. The van der Waals surface area contributed by atoms with E-state index < -0.39 is 30.7 Å². The van der Waals surface area contributed by atoms with Gasteiger partial charge in [-0.1, -0.05) is 0 Å². The topological polar surface area (TPSA) is 117 Å². The van der Waals surface area contributed by atoms with E-state index in [2.05, 4.69) is 19.1 Å². The first kappa shape index (κ1) is 23.8. The lowest BCUT2D eigenvalue weighted by molar-refractivity contribution is -0.696. The number of hydrogen-bond donors (Lipinski definition) is 4. The molecule has 0 bridgehead atoms. The molecule has 0 radical (unpaired) electrons. The summed E-state index contributed by atoms with van der Waals surface area (Å²) >= 11 is 0. The Bertz CT molecular complexity index is 699. The number of imidazole rings is 2. The van der Waals surface area contributed by atoms with Crippen molar-refractivity contribution < 1.29 is 38.3 Å². The number of aryl methyl sites for hydroxylation is 2. The molecular weight excluding hydrogens is 404 g/mol. The maximum absolute atomic E-state index is 10.7. The fourth-order valence-electron chi connectivity index (χ4n) is 3.75. The van der Waals surface area contributed by atoms with Gasteiger partial charge >= 0.3 is 0 Å². The monoisotopic (exact) mass is 440 g/mol. The number of aromatic nitrogens is 4. The number of aliphatic hydroxyl groups is 2. The second-order valence-electron chi connectivity index (χ2n) is 7.74. The number of methoxy groups -OCH3 is 1. The van der Waals surface area contributed by atoms with Crippen LogP contribution in [-0.2, 0) is 32.0 Å². The Labute approximate surface area is 182 Å². The third kappa shape index (κ3) is 7.09. The van der Waals surface area contributed by atoms with Crippen LogP contribution in [0.1, 0.15) is 25.7 Å². The highest BCUT2D eigenvalue weighted by molar-refractivity contribution is 4.91. The highest BCUT2D eigenvalue weighted by Gasteiger charge is 2.46. The van der Waals surface area contributed by atoms with Crippen LogP contribution in [0.3, 0.4) is 0 Å². The molecule has 31 heavy (non-hydrogen) atoms. The number of H-pyrrole nitrogens is 2. The summed E-state index contributed by atoms with van der Waals surface area (Å²) in [6.45, 7) is 2.45. The molecule has 0 unspecified atom stereocenters. The fraction of sp³-hybridized carbons (Fsp3) is 0.714. The molecule has 0 aliphatic carbocycles. The van der Waals surface area contributed by atoms with Gasteiger partial charge in [0, 0.05) is 20.3 Å². The minimum Gasteiger partial charge on any atom is -0.394 e. The van der Waals surface area contributed by atoms with E-state index in [4.69, 9.17) is 18.9 Å². The number of aromatic amines is 2. The van der Waals surface area contributed by atoms with Gasteiger partial charge in [0.2, 0.25) is 12.7 Å². The van der Waals surface area contributed by atoms with Gasteiger partial charge in [-0.2, -0.15) is 0 Å². The molecule has 0 spiro atoms. The van der Waals surface area contributed by atoms with Crippen molar-refractivity contribution in [2.24, 2.45) is 0 Å². The third-order valence-corrected chi connectivity index (χ3v) is 5.48. The Kier molecular flexibility index (Phi) is 9.91. The van der Waals surface area contributed by atoms with Crippen molar-refractivity contribution >= 4 is 0 Å². The van der Waals surface area contributed by atoms with Gasteiger partial charge in [0.25, 0.3) is 0 Å². The van der Waals surface area contributed by atoms with Crippen molar-refractivity contribution in [3.8, 4) is 0 Å². The molecule has 0 aromatic carbocycles. The molecule has 10 nitrogen and oxygen atoms in total. The quantitative estimate of drug-likeness (QED) is 0.236. The summed E-state index contributed by atoms with van der Waals surface area (Å²) in [6.07, 6.45) is 11.5. The van der Waals surface area contributed by atoms with Gasteiger partial charge in [-0.25, -0.2) is 9.13 Å². The summed E-state index contributed by atoms with van der Waals surface area (Å²) in [5, 5.41) is 20.3. The highest BCUT2D eigenvalue weighted by Crippen LogP contribution is 2.27. The van der Waals surface area contributed by atoms with Gasteiger partial charge in [-0.15, -0.1) is 0 Å². The molecular formula is C21H36N4O6+2. The molecule has 0 saturated carbocycles. The normalized spacial score (nSPS) is 26.4. The minimum atomic E-state index is -0.990. The first-order valence-corrected chi connectivity index (χ1v) is 11.0. The van der Waals surface area contributed by atoms with Crippen LogP contribution in [0.15, 0.2) is 37.4 Å². The van der Waals surface area contributed by atoms with Gasteiger partial charge in [-0.3, -0.25) is 9.97 Å². The summed E-state index contributed by atoms with van der Waals surface area (Å²) in [4.78, 5) is 6.04. The molecule has 3 rings (SSSR count). The maximum atomic E-state index is 10.7. The third-order valence-electron chi connectivity index (χ3n) is 5.48. The van der Waals surface area contributed by atoms with E-state index in [9.17, 15) is 10.2 Å². The highest BCUT2D eigenvalue weighted by atomic mass is 16.7. The summed E-state index contributed by atoms with van der Waals surface area (Å²) in [5.41, 5.74) is 0. The van der Waals surface area contributed by atoms with Crippen LogP contribution in [0, 0.1) is 0 Å². The van der Waals surface area contributed by atoms with Gasteiger partial charge in [0.1, 0.15) is 49.2 Å². The van der Waals surface area contributed by atoms with Crippen LogP contribution < -0.4 is 9.13 Å². The molecule has 1 saturated heterocycles. The molecule has 3 heterocycles. The number of unbranched alkanes of at least 4 members (excludes halogenated alkanes) is 2. The predicted octanol–water partition coefficient (Wildman–Crippen LogP) is -0.327. The number of hydrogen-bond acceptors (Lipinski definition) is 6. The molecule has 1 aliphatic heterocycles. The molecule has 4 N–H and O–H groups in total. The SMILES string of the molecule is CO[C@H]1O[C@H](CO)[C@@H](O)[C@H](OCCCC[n+]2cc[nH]c2)[C@H]1OCCCC[n+]1cc[nH]c1. The maximum Gasteiger partial charge on any atom is 0.241 e. The summed E-state index contributed by atoms with van der Waals surface area (Å²) in [7, 11) is 1.53. The van der Waals surface area contributed by atoms with E-state index in [0.717, 1.165) is 38.8 Å². The number of ether oxygens (including phenoxy) is 4. The largest absolute Gasteiger partial charge is 0.394 e. The lowest BCUT2D eigenvalue weighted by Crippen LogP contribution is -2.60. The lowest BCUT2D eigenvalue weighted by atomic mass is 9.98. The molecule has 0 amide bonds. The average molecular weight is 441 g/mol. The molecule has 1 fully saturated rings. The van der Waals surface area contributed by atoms with Crippen molar-refractivity contribution in [3.05, 3.63) is 37.4 Å². The Hall–Kier alpha value is -1.82. The van der Waals surface area contributed by atoms with E-state index >= 15 is 0 Å². The van der Waals surface area contributed by atoms with Crippen molar-refractivity contribution in [1.82, 2.24) is 9.97 Å². The van der Waals surface area contributed by atoms with Crippen LogP contribution in [0.25, 0.3) is 0 Å². The van der Waals surface area contributed by atoms with Crippen molar-refractivity contribution in [3.63, 3.8) is 0 Å². The zero-order chi connectivity index (χ0) is 21.9. The molecule has 174 valence electrons. The standard InChI is InChI=1S/C21H34N4O6/c1-28-21-20(30-13-5-3-9-25-11-7-23-16-25)19(18(27)17(14-26)31-21)29-12-4-2-8-24-10-6-22-15-24/h6-7,10-11,15-21,26-27H,2-5,8-9,12-14H2,1H3/p+2/t17-,18-,19+,20-,21+/m1/s1. The predicted molar refractivity (Wildman–Crippen MR) is 109 cm³/mol. The first-order chi connectivity index (χ1) is 15.2. The second-order valence-corrected chi connectivity index (χ2v) is 7.74. The zero-order valence-corrected chi connectivity index (χ0v) is 18.1. The van der Waals surface area contributed by atoms with Crippen molar-refractivity contribution in [1.29, 1.82) is 0 Å². The number of aliphatic hydroxyl groups excluding tert-OH is 2. The summed E-state index contributed by atoms with van der Waals surface area (Å²) < 4.78 is 27.4. The Balaban J connectivity index is 1.47. The van der Waals surface area contributed by atoms with Crippen LogP contribution in [-0.4, -0.2) is 77.8 Å². The van der Waals surface area contributed by atoms with Crippen LogP contribution in [0.4, 0.5) is 0 Å². The molecule has 5 atom stereocenters. The smallest absolute Gasteiger partial charge is 0.241 e. The van der Waals surface area contributed by atoms with Crippen molar-refractivity contribution in [2.75, 3.05) is 26.9 Å². The Morgan fingerprint density at radius 1 is 0.903 bits per heavy atom. The number of nitrogens with one attached hydrogen (secondary N) is 2. The van der Waals surface area contributed by atoms with Crippen molar-refractivity contribution in [2.45, 2.75) is 69.5 Å². The van der Waals surface area contributed by atoms with Gasteiger partial charge < -0.3 is 29.2 Å². The Morgan fingerprint density at radius 2 is 1.48 bits per heavy atom. The van der Waals surface area contributed by atoms with Gasteiger partial charge in [0.05, 0.1) is 19.7 Å². The van der Waals surface area contributed by atoms with Crippen LogP contribution in [0.2, 0.25) is 0 Å². The van der Waals surface area contributed by atoms with E-state index in [1.165, 1.54) is 7.11 Å². The molecule has 10 heteroatoms. The molecule has 2 aromatic heterocycles. The number of rotatable bonds is 14. The summed E-state index contributed by atoms with van der Waals surface area (Å²) in [5.74, 6) is 0. The van der Waals surface area contributed by atoms with Crippen LogP contribution in [0.5, 0.6) is 0 Å². The Morgan fingerprint density at radius 3 is 1.97 bits per heavy atom. The first-order valence-electron chi connectivity index (χ1n) is 11.0. The number of nitrogens with zero attached hydrogens (tertiary/aromatic N) is 2. The zero-order valence-electron chi connectivity index (χ0n) is 18.1. The second kappa shape index (κ2) is 12.9. The minimum absolute atomic E-state index is 0.314.